The first-order valence-electron chi connectivity index (χ1n) is 5.94. The molecule has 0 saturated carbocycles. The molecule has 1 aromatic rings. The van der Waals surface area contributed by atoms with Crippen molar-refractivity contribution in [3.05, 3.63) is 33.8 Å². The highest BCUT2D eigenvalue weighted by Crippen LogP contribution is 2.20. The van der Waals surface area contributed by atoms with Crippen molar-refractivity contribution in [1.82, 2.24) is 5.32 Å². The molecule has 0 saturated heterocycles. The van der Waals surface area contributed by atoms with E-state index in [1.54, 1.807) is 6.07 Å². The van der Waals surface area contributed by atoms with Gasteiger partial charge in [0.2, 0.25) is 0 Å². The van der Waals surface area contributed by atoms with Gasteiger partial charge in [-0.2, -0.15) is 0 Å². The molecule has 0 radical (unpaired) electrons. The Hall–Kier alpha value is -0.100. The fraction of sp³-hybridized carbons (Fsp3) is 0.385. The van der Waals surface area contributed by atoms with Crippen molar-refractivity contribution in [3.63, 3.8) is 0 Å². The minimum Gasteiger partial charge on any atom is -0.342 e. The second-order valence-electron chi connectivity index (χ2n) is 4.18. The number of alkyl halides is 2. The number of hydrogen-bond acceptors (Lipinski definition) is 2. The highest BCUT2D eigenvalue weighted by atomic mass is 79.9. The van der Waals surface area contributed by atoms with Crippen LogP contribution in [-0.2, 0) is 4.79 Å². The van der Waals surface area contributed by atoms with Crippen LogP contribution < -0.4 is 5.32 Å². The number of nitrogens with one attached hydrogen (secondary N) is 1. The lowest BCUT2D eigenvalue weighted by atomic mass is 10.1. The maximum absolute atomic E-state index is 12.2. The Morgan fingerprint density at radius 3 is 2.20 bits per heavy atom. The Labute approximate surface area is 144 Å². The number of carbonyl (C=O) groups is 2. The highest BCUT2D eigenvalue weighted by Gasteiger charge is 2.24. The summed E-state index contributed by atoms with van der Waals surface area (Å²) in [5.41, 5.74) is 0.331. The molecule has 0 spiro atoms. The Morgan fingerprint density at radius 1 is 1.20 bits per heavy atom. The number of halogens is 4. The van der Waals surface area contributed by atoms with Crippen molar-refractivity contribution in [3.8, 4) is 0 Å². The highest BCUT2D eigenvalue weighted by molar-refractivity contribution is 9.25. The number of benzene rings is 1. The molecule has 1 N–H and O–H groups in total. The molecule has 0 bridgehead atoms. The Morgan fingerprint density at radius 2 is 1.75 bits per heavy atom. The van der Waals surface area contributed by atoms with E-state index in [9.17, 15) is 9.59 Å². The SMILES string of the molecule is CCCC(NC(=O)c1cc(Cl)cc(Cl)c1)C(=O)C(Br)Br. The lowest BCUT2D eigenvalue weighted by Crippen LogP contribution is -2.42. The predicted octanol–water partition coefficient (Wildman–Crippen LogP) is 4.58. The topological polar surface area (TPSA) is 46.2 Å². The number of ketones is 1. The fourth-order valence-electron chi connectivity index (χ4n) is 1.65. The Bertz CT molecular complexity index is 489. The van der Waals surface area contributed by atoms with Crippen LogP contribution in [0.1, 0.15) is 30.1 Å². The van der Waals surface area contributed by atoms with Gasteiger partial charge < -0.3 is 5.32 Å². The van der Waals surface area contributed by atoms with Crippen molar-refractivity contribution in [2.75, 3.05) is 0 Å². The molecule has 110 valence electrons. The summed E-state index contributed by atoms with van der Waals surface area (Å²) in [5, 5.41) is 3.45. The second kappa shape index (κ2) is 8.37. The molecule has 0 fully saturated rings. The van der Waals surface area contributed by atoms with Crippen molar-refractivity contribution < 1.29 is 9.59 Å². The normalized spacial score (nSPS) is 12.3. The molecule has 0 aliphatic rings. The molecular formula is C13H13Br2Cl2NO2. The lowest BCUT2D eigenvalue weighted by molar-refractivity contribution is -0.118. The van der Waals surface area contributed by atoms with Crippen molar-refractivity contribution >= 4 is 66.8 Å². The predicted molar refractivity (Wildman–Crippen MR) is 89.3 cm³/mol. The molecule has 0 aliphatic heterocycles. The molecule has 1 rings (SSSR count). The summed E-state index contributed by atoms with van der Waals surface area (Å²) in [4.78, 5) is 24.1. The summed E-state index contributed by atoms with van der Waals surface area (Å²) in [6.45, 7) is 1.94. The van der Waals surface area contributed by atoms with E-state index in [1.807, 2.05) is 6.92 Å². The molecule has 20 heavy (non-hydrogen) atoms. The van der Waals surface area contributed by atoms with E-state index >= 15 is 0 Å². The van der Waals surface area contributed by atoms with Gasteiger partial charge >= 0.3 is 0 Å². The number of rotatable bonds is 6. The van der Waals surface area contributed by atoms with Gasteiger partial charge in [0.05, 0.1) is 6.04 Å². The van der Waals surface area contributed by atoms with E-state index in [0.29, 0.717) is 22.0 Å². The average Bonchev–Trinajstić information content (AvgIpc) is 2.35. The Balaban J connectivity index is 2.87. The summed E-state index contributed by atoms with van der Waals surface area (Å²) in [6, 6.07) is 4.00. The van der Waals surface area contributed by atoms with Crippen LogP contribution in [0, 0.1) is 0 Å². The number of carbonyl (C=O) groups excluding carboxylic acids is 2. The number of amides is 1. The molecule has 1 atom stereocenters. The third-order valence-electron chi connectivity index (χ3n) is 2.57. The van der Waals surface area contributed by atoms with Gasteiger partial charge in [-0.3, -0.25) is 9.59 Å². The standard InChI is InChI=1S/C13H13Br2Cl2NO2/c1-2-3-10(11(19)12(14)15)18-13(20)7-4-8(16)6-9(17)5-7/h4-6,10,12H,2-3H2,1H3,(H,18,20). The van der Waals surface area contributed by atoms with E-state index in [4.69, 9.17) is 23.2 Å². The van der Waals surface area contributed by atoms with Gasteiger partial charge in [-0.05, 0) is 24.6 Å². The molecule has 1 aromatic carbocycles. The van der Waals surface area contributed by atoms with Gasteiger partial charge in [-0.15, -0.1) is 0 Å². The van der Waals surface area contributed by atoms with Crippen molar-refractivity contribution in [2.45, 2.75) is 29.5 Å². The van der Waals surface area contributed by atoms with Crippen molar-refractivity contribution in [2.24, 2.45) is 0 Å². The molecule has 0 aliphatic carbocycles. The zero-order valence-corrected chi connectivity index (χ0v) is 15.3. The minimum absolute atomic E-state index is 0.131. The van der Waals surface area contributed by atoms with Gasteiger partial charge in [0.15, 0.2) is 5.78 Å². The molecular weight excluding hydrogens is 433 g/mol. The summed E-state index contributed by atoms with van der Waals surface area (Å²) in [6.07, 6.45) is 1.34. The van der Waals surface area contributed by atoms with Gasteiger partial charge in [-0.25, -0.2) is 0 Å². The van der Waals surface area contributed by atoms with Crippen LogP contribution in [0.5, 0.6) is 0 Å². The first-order valence-corrected chi connectivity index (χ1v) is 8.52. The van der Waals surface area contributed by atoms with Gasteiger partial charge in [0.1, 0.15) is 3.74 Å². The van der Waals surface area contributed by atoms with Crippen LogP contribution in [0.2, 0.25) is 10.0 Å². The maximum Gasteiger partial charge on any atom is 0.251 e. The smallest absolute Gasteiger partial charge is 0.251 e. The van der Waals surface area contributed by atoms with Crippen LogP contribution in [0.15, 0.2) is 18.2 Å². The molecule has 7 heteroatoms. The lowest BCUT2D eigenvalue weighted by Gasteiger charge is -2.18. The van der Waals surface area contributed by atoms with Crippen molar-refractivity contribution in [1.29, 1.82) is 0 Å². The molecule has 1 unspecified atom stereocenters. The fourth-order valence-corrected chi connectivity index (χ4v) is 2.82. The summed E-state index contributed by atoms with van der Waals surface area (Å²) < 4.78 is -0.491. The summed E-state index contributed by atoms with van der Waals surface area (Å²) >= 11 is 18.0. The van der Waals surface area contributed by atoms with E-state index in [2.05, 4.69) is 37.2 Å². The van der Waals surface area contributed by atoms with Crippen LogP contribution >= 0.6 is 55.1 Å². The van der Waals surface area contributed by atoms with Crippen LogP contribution in [0.25, 0.3) is 0 Å². The van der Waals surface area contributed by atoms with Gasteiger partial charge in [0, 0.05) is 15.6 Å². The van der Waals surface area contributed by atoms with Gasteiger partial charge in [0.25, 0.3) is 5.91 Å². The first kappa shape index (κ1) is 18.0. The second-order valence-corrected chi connectivity index (χ2v) is 8.11. The first-order chi connectivity index (χ1) is 9.35. The van der Waals surface area contributed by atoms with E-state index in [-0.39, 0.29) is 11.7 Å². The largest absolute Gasteiger partial charge is 0.342 e. The van der Waals surface area contributed by atoms with E-state index in [1.165, 1.54) is 12.1 Å². The number of Topliss-reactive ketones (excluding diaryl/α,β-unsaturated/α-hetero) is 1. The zero-order valence-electron chi connectivity index (χ0n) is 10.6. The molecule has 3 nitrogen and oxygen atoms in total. The van der Waals surface area contributed by atoms with Crippen LogP contribution in [0.3, 0.4) is 0 Å². The van der Waals surface area contributed by atoms with Crippen LogP contribution in [-0.4, -0.2) is 21.5 Å². The molecule has 0 aromatic heterocycles. The maximum atomic E-state index is 12.2. The molecule has 1 amide bonds. The van der Waals surface area contributed by atoms with Gasteiger partial charge in [-0.1, -0.05) is 68.4 Å². The third kappa shape index (κ3) is 5.35. The zero-order chi connectivity index (χ0) is 15.3. The Kier molecular flexibility index (Phi) is 7.51. The molecule has 0 heterocycles. The van der Waals surface area contributed by atoms with E-state index in [0.717, 1.165) is 6.42 Å². The quantitative estimate of drug-likeness (QED) is 0.651. The monoisotopic (exact) mass is 443 g/mol. The number of hydrogen-bond donors (Lipinski definition) is 1. The third-order valence-corrected chi connectivity index (χ3v) is 3.90. The summed E-state index contributed by atoms with van der Waals surface area (Å²) in [5.74, 6) is -0.504. The van der Waals surface area contributed by atoms with E-state index < -0.39 is 9.78 Å². The average molecular weight is 446 g/mol. The summed E-state index contributed by atoms with van der Waals surface area (Å²) in [7, 11) is 0. The van der Waals surface area contributed by atoms with Crippen LogP contribution in [0.4, 0.5) is 0 Å². The minimum atomic E-state index is -0.561.